The average molecular weight is 233 g/mol. The summed E-state index contributed by atoms with van der Waals surface area (Å²) in [7, 11) is 1.87. The van der Waals surface area contributed by atoms with Crippen LogP contribution in [0, 0.1) is 0 Å². The number of aromatic nitrogens is 3. The summed E-state index contributed by atoms with van der Waals surface area (Å²) < 4.78 is 1.97. The van der Waals surface area contributed by atoms with Crippen LogP contribution in [-0.2, 0) is 0 Å². The van der Waals surface area contributed by atoms with Crippen LogP contribution in [0.25, 0.3) is 5.65 Å². The standard InChI is InChI=1S/C12H19N5/c1-3-4-5-6-14-11-12-15-7-8-17(12)9-10(13-2)16-11/h7-9,13H,3-6H2,1-2H3,(H,14,16). The fraction of sp³-hybridized carbons (Fsp3) is 0.500. The van der Waals surface area contributed by atoms with Crippen molar-refractivity contribution in [1.29, 1.82) is 0 Å². The fourth-order valence-corrected chi connectivity index (χ4v) is 1.75. The molecule has 2 aromatic heterocycles. The zero-order valence-electron chi connectivity index (χ0n) is 10.4. The van der Waals surface area contributed by atoms with E-state index in [4.69, 9.17) is 0 Å². The third kappa shape index (κ3) is 2.67. The van der Waals surface area contributed by atoms with E-state index in [1.165, 1.54) is 12.8 Å². The predicted molar refractivity (Wildman–Crippen MR) is 70.5 cm³/mol. The van der Waals surface area contributed by atoms with Gasteiger partial charge in [0.05, 0.1) is 6.20 Å². The van der Waals surface area contributed by atoms with E-state index in [0.717, 1.165) is 30.2 Å². The summed E-state index contributed by atoms with van der Waals surface area (Å²) in [6.07, 6.45) is 9.27. The molecule has 0 unspecified atom stereocenters. The monoisotopic (exact) mass is 233 g/mol. The van der Waals surface area contributed by atoms with Crippen molar-refractivity contribution >= 4 is 17.3 Å². The Hall–Kier alpha value is -1.78. The molecule has 0 amide bonds. The molecule has 5 nitrogen and oxygen atoms in total. The summed E-state index contributed by atoms with van der Waals surface area (Å²) in [6.45, 7) is 3.14. The van der Waals surface area contributed by atoms with Crippen LogP contribution in [-0.4, -0.2) is 28.0 Å². The molecule has 0 radical (unpaired) electrons. The average Bonchev–Trinajstić information content (AvgIpc) is 2.82. The molecule has 0 bridgehead atoms. The number of hydrogen-bond donors (Lipinski definition) is 2. The first kappa shape index (κ1) is 11.7. The summed E-state index contributed by atoms with van der Waals surface area (Å²) in [5, 5.41) is 6.40. The minimum Gasteiger partial charge on any atom is -0.372 e. The van der Waals surface area contributed by atoms with Gasteiger partial charge in [0.25, 0.3) is 0 Å². The van der Waals surface area contributed by atoms with Gasteiger partial charge in [0.15, 0.2) is 11.5 Å². The van der Waals surface area contributed by atoms with E-state index in [9.17, 15) is 0 Å². The third-order valence-electron chi connectivity index (χ3n) is 2.70. The molecule has 0 spiro atoms. The first-order chi connectivity index (χ1) is 8.35. The fourth-order valence-electron chi connectivity index (χ4n) is 1.75. The van der Waals surface area contributed by atoms with Gasteiger partial charge in [-0.15, -0.1) is 0 Å². The number of nitrogens with one attached hydrogen (secondary N) is 2. The number of fused-ring (bicyclic) bond motifs is 1. The van der Waals surface area contributed by atoms with Gasteiger partial charge in [0.2, 0.25) is 0 Å². The molecule has 2 rings (SSSR count). The Morgan fingerprint density at radius 3 is 3.00 bits per heavy atom. The molecule has 17 heavy (non-hydrogen) atoms. The molecule has 0 aliphatic heterocycles. The summed E-state index contributed by atoms with van der Waals surface area (Å²) in [4.78, 5) is 8.79. The second kappa shape index (κ2) is 5.52. The van der Waals surface area contributed by atoms with Gasteiger partial charge in [-0.3, -0.25) is 0 Å². The molecule has 2 aromatic rings. The van der Waals surface area contributed by atoms with Gasteiger partial charge < -0.3 is 15.0 Å². The Bertz CT molecular complexity index is 477. The second-order valence-corrected chi connectivity index (χ2v) is 4.02. The van der Waals surface area contributed by atoms with Gasteiger partial charge in [-0.1, -0.05) is 19.8 Å². The van der Waals surface area contributed by atoms with E-state index in [-0.39, 0.29) is 0 Å². The SMILES string of the molecule is CCCCCNc1nc(NC)cn2ccnc12. The van der Waals surface area contributed by atoms with E-state index in [0.29, 0.717) is 0 Å². The summed E-state index contributed by atoms with van der Waals surface area (Å²) >= 11 is 0. The van der Waals surface area contributed by atoms with Crippen LogP contribution in [0.2, 0.25) is 0 Å². The molecule has 0 atom stereocenters. The Balaban J connectivity index is 2.16. The van der Waals surface area contributed by atoms with Crippen molar-refractivity contribution in [3.05, 3.63) is 18.6 Å². The van der Waals surface area contributed by atoms with Gasteiger partial charge in [-0.2, -0.15) is 0 Å². The van der Waals surface area contributed by atoms with Crippen LogP contribution in [0.5, 0.6) is 0 Å². The molecular formula is C12H19N5. The summed E-state index contributed by atoms with van der Waals surface area (Å²) in [5.41, 5.74) is 0.875. The number of anilines is 2. The predicted octanol–water partition coefficient (Wildman–Crippen LogP) is 2.37. The molecule has 0 saturated carbocycles. The molecule has 0 aromatic carbocycles. The van der Waals surface area contributed by atoms with Crippen LogP contribution in [0.4, 0.5) is 11.6 Å². The first-order valence-electron chi connectivity index (χ1n) is 6.10. The van der Waals surface area contributed by atoms with Crippen molar-refractivity contribution in [3.63, 3.8) is 0 Å². The number of imidazole rings is 1. The number of hydrogen-bond acceptors (Lipinski definition) is 4. The molecule has 2 N–H and O–H groups in total. The highest BCUT2D eigenvalue weighted by Crippen LogP contribution is 2.16. The highest BCUT2D eigenvalue weighted by Gasteiger charge is 2.05. The lowest BCUT2D eigenvalue weighted by molar-refractivity contribution is 0.742. The van der Waals surface area contributed by atoms with Crippen molar-refractivity contribution in [1.82, 2.24) is 14.4 Å². The molecule has 0 aliphatic carbocycles. The van der Waals surface area contributed by atoms with Crippen LogP contribution < -0.4 is 10.6 Å². The number of unbranched alkanes of at least 4 members (excludes halogenated alkanes) is 2. The van der Waals surface area contributed by atoms with Crippen molar-refractivity contribution in [2.24, 2.45) is 0 Å². The van der Waals surface area contributed by atoms with Crippen molar-refractivity contribution in [2.45, 2.75) is 26.2 Å². The van der Waals surface area contributed by atoms with E-state index in [1.807, 2.05) is 23.8 Å². The first-order valence-corrected chi connectivity index (χ1v) is 6.10. The lowest BCUT2D eigenvalue weighted by Crippen LogP contribution is -2.07. The largest absolute Gasteiger partial charge is 0.372 e. The normalized spacial score (nSPS) is 10.7. The zero-order valence-corrected chi connectivity index (χ0v) is 10.4. The van der Waals surface area contributed by atoms with Crippen molar-refractivity contribution in [3.8, 4) is 0 Å². The van der Waals surface area contributed by atoms with Crippen molar-refractivity contribution < 1.29 is 0 Å². The summed E-state index contributed by atoms with van der Waals surface area (Å²) in [6, 6.07) is 0. The van der Waals surface area contributed by atoms with Crippen LogP contribution >= 0.6 is 0 Å². The second-order valence-electron chi connectivity index (χ2n) is 4.02. The molecule has 2 heterocycles. The minimum absolute atomic E-state index is 0.841. The van der Waals surface area contributed by atoms with Gasteiger partial charge >= 0.3 is 0 Å². The van der Waals surface area contributed by atoms with Crippen LogP contribution in [0.3, 0.4) is 0 Å². The molecular weight excluding hydrogens is 214 g/mol. The van der Waals surface area contributed by atoms with Gasteiger partial charge in [-0.25, -0.2) is 9.97 Å². The van der Waals surface area contributed by atoms with E-state index < -0.39 is 0 Å². The lowest BCUT2D eigenvalue weighted by Gasteiger charge is -2.08. The van der Waals surface area contributed by atoms with E-state index in [1.54, 1.807) is 6.20 Å². The van der Waals surface area contributed by atoms with Gasteiger partial charge in [0.1, 0.15) is 5.82 Å². The maximum absolute atomic E-state index is 4.48. The topological polar surface area (TPSA) is 54.2 Å². The van der Waals surface area contributed by atoms with E-state index in [2.05, 4.69) is 27.5 Å². The molecule has 0 fully saturated rings. The molecule has 0 aliphatic rings. The highest BCUT2D eigenvalue weighted by atomic mass is 15.1. The smallest absolute Gasteiger partial charge is 0.180 e. The lowest BCUT2D eigenvalue weighted by atomic mass is 10.2. The molecule has 5 heteroatoms. The molecule has 0 saturated heterocycles. The zero-order chi connectivity index (χ0) is 12.1. The maximum Gasteiger partial charge on any atom is 0.180 e. The van der Waals surface area contributed by atoms with Crippen LogP contribution in [0.15, 0.2) is 18.6 Å². The molecule has 92 valence electrons. The quantitative estimate of drug-likeness (QED) is 0.752. The summed E-state index contributed by atoms with van der Waals surface area (Å²) in [5.74, 6) is 1.69. The Kier molecular flexibility index (Phi) is 3.80. The Morgan fingerprint density at radius 2 is 2.24 bits per heavy atom. The minimum atomic E-state index is 0.841. The Labute approximate surface area is 101 Å². The van der Waals surface area contributed by atoms with E-state index >= 15 is 0 Å². The van der Waals surface area contributed by atoms with Gasteiger partial charge in [-0.05, 0) is 6.42 Å². The van der Waals surface area contributed by atoms with Gasteiger partial charge in [0, 0.05) is 26.0 Å². The third-order valence-corrected chi connectivity index (χ3v) is 2.70. The number of rotatable bonds is 6. The Morgan fingerprint density at radius 1 is 1.35 bits per heavy atom. The maximum atomic E-state index is 4.48. The number of nitrogens with zero attached hydrogens (tertiary/aromatic N) is 3. The van der Waals surface area contributed by atoms with Crippen molar-refractivity contribution in [2.75, 3.05) is 24.2 Å². The van der Waals surface area contributed by atoms with Crippen LogP contribution in [0.1, 0.15) is 26.2 Å². The highest BCUT2D eigenvalue weighted by molar-refractivity contribution is 5.65.